The molecule has 126 valence electrons. The molecule has 0 aliphatic rings. The minimum Gasteiger partial charge on any atom is -0.356 e. The van der Waals surface area contributed by atoms with Crippen LogP contribution in [-0.2, 0) is 24.2 Å². The number of aryl methyl sites for hydroxylation is 3. The second kappa shape index (κ2) is 7.57. The molecule has 24 heavy (non-hydrogen) atoms. The minimum absolute atomic E-state index is 0.0851. The number of carbonyl (C=O) groups excluding carboxylic acids is 1. The van der Waals surface area contributed by atoms with Gasteiger partial charge >= 0.3 is 0 Å². The molecular formula is C18H22N4OS. The van der Waals surface area contributed by atoms with Crippen molar-refractivity contribution in [2.75, 3.05) is 6.54 Å². The molecule has 0 radical (unpaired) electrons. The predicted molar refractivity (Wildman–Crippen MR) is 97.3 cm³/mol. The minimum atomic E-state index is 0.0851. The van der Waals surface area contributed by atoms with Gasteiger partial charge in [-0.1, -0.05) is 12.1 Å². The Morgan fingerprint density at radius 2 is 2.12 bits per heavy atom. The molecule has 1 amide bonds. The Labute approximate surface area is 145 Å². The summed E-state index contributed by atoms with van der Waals surface area (Å²) in [6.45, 7) is 5.60. The van der Waals surface area contributed by atoms with Gasteiger partial charge in [0, 0.05) is 30.8 Å². The van der Waals surface area contributed by atoms with Crippen LogP contribution < -0.4 is 5.32 Å². The first-order valence-electron chi connectivity index (χ1n) is 8.29. The van der Waals surface area contributed by atoms with Crippen LogP contribution in [0.3, 0.4) is 0 Å². The molecule has 0 saturated heterocycles. The summed E-state index contributed by atoms with van der Waals surface area (Å²) in [5.74, 6) is 1.11. The average molecular weight is 342 g/mol. The summed E-state index contributed by atoms with van der Waals surface area (Å²) in [6.07, 6.45) is 2.01. The highest BCUT2D eigenvalue weighted by molar-refractivity contribution is 7.09. The fourth-order valence-electron chi connectivity index (χ4n) is 2.86. The standard InChI is InChI=1S/C18H22N4OS/c1-3-22-15-7-5-4-6-14(15)21-17(22)10-11-19-18(23)9-8-16-13(2)20-12-24-16/h4-7,12H,3,8-11H2,1-2H3,(H,19,23). The van der Waals surface area contributed by atoms with E-state index in [1.165, 1.54) is 4.88 Å². The molecule has 2 heterocycles. The third-order valence-corrected chi connectivity index (χ3v) is 5.14. The van der Waals surface area contributed by atoms with Gasteiger partial charge in [-0.15, -0.1) is 11.3 Å². The molecule has 2 aromatic heterocycles. The van der Waals surface area contributed by atoms with E-state index in [4.69, 9.17) is 0 Å². The van der Waals surface area contributed by atoms with Crippen molar-refractivity contribution in [1.29, 1.82) is 0 Å². The van der Waals surface area contributed by atoms with E-state index in [-0.39, 0.29) is 5.91 Å². The van der Waals surface area contributed by atoms with Crippen LogP contribution in [0.4, 0.5) is 0 Å². The zero-order valence-electron chi connectivity index (χ0n) is 14.1. The van der Waals surface area contributed by atoms with Gasteiger partial charge in [-0.3, -0.25) is 4.79 Å². The number of amides is 1. The van der Waals surface area contributed by atoms with Crippen LogP contribution in [-0.4, -0.2) is 27.0 Å². The quantitative estimate of drug-likeness (QED) is 0.718. The topological polar surface area (TPSA) is 59.8 Å². The van der Waals surface area contributed by atoms with Gasteiger partial charge in [0.15, 0.2) is 0 Å². The number of hydrogen-bond acceptors (Lipinski definition) is 4. The van der Waals surface area contributed by atoms with Crippen molar-refractivity contribution >= 4 is 28.3 Å². The maximum atomic E-state index is 12.0. The highest BCUT2D eigenvalue weighted by Gasteiger charge is 2.10. The van der Waals surface area contributed by atoms with Gasteiger partial charge in [-0.05, 0) is 32.4 Å². The van der Waals surface area contributed by atoms with Crippen LogP contribution in [0, 0.1) is 6.92 Å². The number of thiazole rings is 1. The molecule has 1 N–H and O–H groups in total. The van der Waals surface area contributed by atoms with Gasteiger partial charge in [0.25, 0.3) is 0 Å². The van der Waals surface area contributed by atoms with Crippen molar-refractivity contribution in [3.63, 3.8) is 0 Å². The van der Waals surface area contributed by atoms with Crippen molar-refractivity contribution in [3.8, 4) is 0 Å². The highest BCUT2D eigenvalue weighted by atomic mass is 32.1. The van der Waals surface area contributed by atoms with Gasteiger partial charge in [0.1, 0.15) is 5.82 Å². The van der Waals surface area contributed by atoms with E-state index in [2.05, 4.69) is 32.8 Å². The second-order valence-corrected chi connectivity index (χ2v) is 6.66. The molecule has 0 aliphatic heterocycles. The molecule has 0 spiro atoms. The van der Waals surface area contributed by atoms with Crippen LogP contribution in [0.1, 0.15) is 29.7 Å². The lowest BCUT2D eigenvalue weighted by atomic mass is 10.2. The lowest BCUT2D eigenvalue weighted by Gasteiger charge is -2.07. The second-order valence-electron chi connectivity index (χ2n) is 5.72. The highest BCUT2D eigenvalue weighted by Crippen LogP contribution is 2.16. The number of nitrogens with zero attached hydrogens (tertiary/aromatic N) is 3. The molecule has 0 atom stereocenters. The van der Waals surface area contributed by atoms with E-state index in [9.17, 15) is 4.79 Å². The van der Waals surface area contributed by atoms with Crippen molar-refractivity contribution in [2.45, 2.75) is 39.7 Å². The number of para-hydroxylation sites is 2. The number of carbonyl (C=O) groups is 1. The zero-order chi connectivity index (χ0) is 16.9. The molecule has 0 saturated carbocycles. The van der Waals surface area contributed by atoms with Crippen LogP contribution in [0.2, 0.25) is 0 Å². The van der Waals surface area contributed by atoms with E-state index < -0.39 is 0 Å². The molecule has 1 aromatic carbocycles. The van der Waals surface area contributed by atoms with E-state index in [1.807, 2.05) is 30.6 Å². The molecule has 3 rings (SSSR count). The summed E-state index contributed by atoms with van der Waals surface area (Å²) in [7, 11) is 0. The third-order valence-electron chi connectivity index (χ3n) is 4.14. The number of fused-ring (bicyclic) bond motifs is 1. The van der Waals surface area contributed by atoms with Gasteiger partial charge in [-0.25, -0.2) is 9.97 Å². The van der Waals surface area contributed by atoms with Gasteiger partial charge < -0.3 is 9.88 Å². The summed E-state index contributed by atoms with van der Waals surface area (Å²) in [5.41, 5.74) is 5.03. The molecule has 0 bridgehead atoms. The Morgan fingerprint density at radius 3 is 2.88 bits per heavy atom. The fraction of sp³-hybridized carbons (Fsp3) is 0.389. The first-order chi connectivity index (χ1) is 11.7. The zero-order valence-corrected chi connectivity index (χ0v) is 14.9. The number of benzene rings is 1. The first-order valence-corrected chi connectivity index (χ1v) is 9.16. The normalized spacial score (nSPS) is 11.1. The maximum Gasteiger partial charge on any atom is 0.220 e. The van der Waals surface area contributed by atoms with Crippen molar-refractivity contribution in [2.24, 2.45) is 0 Å². The number of rotatable bonds is 7. The summed E-state index contributed by atoms with van der Waals surface area (Å²) in [4.78, 5) is 22.1. The van der Waals surface area contributed by atoms with Gasteiger partial charge in [-0.2, -0.15) is 0 Å². The van der Waals surface area contributed by atoms with Crippen LogP contribution in [0.15, 0.2) is 29.8 Å². The maximum absolute atomic E-state index is 12.0. The Bertz CT molecular complexity index is 837. The Balaban J connectivity index is 1.53. The summed E-state index contributed by atoms with van der Waals surface area (Å²) in [5, 5.41) is 3.00. The SMILES string of the molecule is CCn1c(CCNC(=O)CCc2scnc2C)nc2ccccc21. The van der Waals surface area contributed by atoms with Crippen molar-refractivity contribution in [1.82, 2.24) is 19.9 Å². The summed E-state index contributed by atoms with van der Waals surface area (Å²) in [6, 6.07) is 8.15. The van der Waals surface area contributed by atoms with E-state index in [0.29, 0.717) is 13.0 Å². The van der Waals surface area contributed by atoms with Gasteiger partial charge in [0.2, 0.25) is 5.91 Å². The molecule has 3 aromatic rings. The smallest absolute Gasteiger partial charge is 0.220 e. The lowest BCUT2D eigenvalue weighted by molar-refractivity contribution is -0.121. The predicted octanol–water partition coefficient (Wildman–Crippen LogP) is 3.11. The molecular weight excluding hydrogens is 320 g/mol. The Kier molecular flexibility index (Phi) is 5.25. The number of imidazole rings is 1. The first kappa shape index (κ1) is 16.6. The van der Waals surface area contributed by atoms with Crippen molar-refractivity contribution < 1.29 is 4.79 Å². The lowest BCUT2D eigenvalue weighted by Crippen LogP contribution is -2.26. The van der Waals surface area contributed by atoms with Crippen LogP contribution in [0.5, 0.6) is 0 Å². The number of nitrogens with one attached hydrogen (secondary N) is 1. The van der Waals surface area contributed by atoms with E-state index >= 15 is 0 Å². The van der Waals surface area contributed by atoms with Crippen molar-refractivity contribution in [3.05, 3.63) is 46.2 Å². The monoisotopic (exact) mass is 342 g/mol. The van der Waals surface area contributed by atoms with E-state index in [0.717, 1.165) is 41.9 Å². The average Bonchev–Trinajstić information content (AvgIpc) is 3.15. The fourth-order valence-corrected chi connectivity index (χ4v) is 3.65. The summed E-state index contributed by atoms with van der Waals surface area (Å²) >= 11 is 1.62. The number of aromatic nitrogens is 3. The Hall–Kier alpha value is -2.21. The van der Waals surface area contributed by atoms with Gasteiger partial charge in [0.05, 0.1) is 22.2 Å². The molecule has 0 aliphatic carbocycles. The molecule has 5 nitrogen and oxygen atoms in total. The molecule has 0 fully saturated rings. The largest absolute Gasteiger partial charge is 0.356 e. The molecule has 6 heteroatoms. The van der Waals surface area contributed by atoms with Crippen LogP contribution in [0.25, 0.3) is 11.0 Å². The van der Waals surface area contributed by atoms with Crippen LogP contribution >= 0.6 is 11.3 Å². The van der Waals surface area contributed by atoms with E-state index in [1.54, 1.807) is 11.3 Å². The Morgan fingerprint density at radius 1 is 1.29 bits per heavy atom. The molecule has 0 unspecified atom stereocenters. The third kappa shape index (κ3) is 3.64. The summed E-state index contributed by atoms with van der Waals surface area (Å²) < 4.78 is 2.21. The number of hydrogen-bond donors (Lipinski definition) is 1.